The highest BCUT2D eigenvalue weighted by molar-refractivity contribution is 6.36. The molecule has 0 saturated carbocycles. The molecule has 2 rings (SSSR count). The van der Waals surface area contributed by atoms with Gasteiger partial charge in [-0.15, -0.1) is 0 Å². The van der Waals surface area contributed by atoms with Crippen LogP contribution >= 0.6 is 23.2 Å². The summed E-state index contributed by atoms with van der Waals surface area (Å²) in [6.07, 6.45) is 1.61. The summed E-state index contributed by atoms with van der Waals surface area (Å²) in [5.74, 6) is -0.464. The van der Waals surface area contributed by atoms with Gasteiger partial charge in [0.15, 0.2) is 0 Å². The van der Waals surface area contributed by atoms with Crippen LogP contribution in [0.1, 0.15) is 29.8 Å². The molecule has 0 aliphatic rings. The first-order chi connectivity index (χ1) is 11.8. The van der Waals surface area contributed by atoms with Crippen molar-refractivity contribution in [3.63, 3.8) is 0 Å². The number of aromatic nitrogens is 1. The van der Waals surface area contributed by atoms with E-state index in [9.17, 15) is 9.59 Å². The van der Waals surface area contributed by atoms with Gasteiger partial charge in [0.2, 0.25) is 5.91 Å². The van der Waals surface area contributed by atoms with Crippen LogP contribution in [0.4, 0.5) is 5.82 Å². The van der Waals surface area contributed by atoms with Crippen molar-refractivity contribution in [3.8, 4) is 0 Å². The lowest BCUT2D eigenvalue weighted by Crippen LogP contribution is -2.47. The van der Waals surface area contributed by atoms with E-state index in [1.165, 1.54) is 12.1 Å². The van der Waals surface area contributed by atoms with Gasteiger partial charge in [0, 0.05) is 11.2 Å². The molecule has 0 spiro atoms. The number of carbonyl (C=O) groups is 2. The molecule has 0 aliphatic heterocycles. The van der Waals surface area contributed by atoms with E-state index < -0.39 is 11.9 Å². The Balaban J connectivity index is 2.14. The molecular weight excluding hydrogens is 361 g/mol. The SMILES string of the molecule is Cc1ccnc(NC(=O)C(NC(=O)c2ccc(Cl)cc2Cl)C(C)C)c1. The molecule has 1 atom stereocenters. The second kappa shape index (κ2) is 8.32. The van der Waals surface area contributed by atoms with E-state index in [0.717, 1.165) is 5.56 Å². The predicted octanol–water partition coefficient (Wildman–Crippen LogP) is 4.09. The lowest BCUT2D eigenvalue weighted by atomic mass is 10.0. The number of hydrogen-bond acceptors (Lipinski definition) is 3. The molecule has 5 nitrogen and oxygen atoms in total. The molecule has 0 radical (unpaired) electrons. The van der Waals surface area contributed by atoms with Crippen LogP contribution in [0.2, 0.25) is 10.0 Å². The third-order valence-corrected chi connectivity index (χ3v) is 4.13. The Hall–Kier alpha value is -2.11. The van der Waals surface area contributed by atoms with Crippen LogP contribution < -0.4 is 10.6 Å². The summed E-state index contributed by atoms with van der Waals surface area (Å²) >= 11 is 11.9. The van der Waals surface area contributed by atoms with E-state index in [4.69, 9.17) is 23.2 Å². The average Bonchev–Trinajstić information content (AvgIpc) is 2.51. The van der Waals surface area contributed by atoms with E-state index in [0.29, 0.717) is 10.8 Å². The van der Waals surface area contributed by atoms with Crippen molar-refractivity contribution in [2.24, 2.45) is 5.92 Å². The quantitative estimate of drug-likeness (QED) is 0.821. The minimum absolute atomic E-state index is 0.125. The number of carbonyl (C=O) groups excluding carboxylic acids is 2. The third-order valence-electron chi connectivity index (χ3n) is 3.58. The monoisotopic (exact) mass is 379 g/mol. The molecule has 1 aromatic heterocycles. The molecule has 132 valence electrons. The molecule has 1 aromatic carbocycles. The topological polar surface area (TPSA) is 71.1 Å². The van der Waals surface area contributed by atoms with Crippen LogP contribution in [0.15, 0.2) is 36.5 Å². The van der Waals surface area contributed by atoms with Gasteiger partial charge in [0.05, 0.1) is 10.6 Å². The molecule has 0 saturated heterocycles. The van der Waals surface area contributed by atoms with Crippen molar-refractivity contribution < 1.29 is 9.59 Å². The Kier molecular flexibility index (Phi) is 6.39. The number of anilines is 1. The fourth-order valence-electron chi connectivity index (χ4n) is 2.24. The van der Waals surface area contributed by atoms with Crippen LogP contribution in [0, 0.1) is 12.8 Å². The molecule has 1 heterocycles. The fraction of sp³-hybridized carbons (Fsp3) is 0.278. The van der Waals surface area contributed by atoms with Crippen LogP contribution in [0.3, 0.4) is 0 Å². The van der Waals surface area contributed by atoms with E-state index >= 15 is 0 Å². The second-order valence-corrected chi connectivity index (χ2v) is 6.87. The Morgan fingerprint density at radius 1 is 1.12 bits per heavy atom. The Morgan fingerprint density at radius 2 is 1.84 bits per heavy atom. The summed E-state index contributed by atoms with van der Waals surface area (Å²) in [6.45, 7) is 5.59. The molecule has 2 amide bonds. The smallest absolute Gasteiger partial charge is 0.253 e. The van der Waals surface area contributed by atoms with Crippen molar-refractivity contribution in [3.05, 3.63) is 57.7 Å². The number of hydrogen-bond donors (Lipinski definition) is 2. The van der Waals surface area contributed by atoms with Crippen LogP contribution in [0.25, 0.3) is 0 Å². The lowest BCUT2D eigenvalue weighted by Gasteiger charge is -2.22. The first-order valence-electron chi connectivity index (χ1n) is 7.77. The molecule has 1 unspecified atom stereocenters. The van der Waals surface area contributed by atoms with E-state index in [-0.39, 0.29) is 22.4 Å². The van der Waals surface area contributed by atoms with Gasteiger partial charge in [0.25, 0.3) is 5.91 Å². The minimum Gasteiger partial charge on any atom is -0.340 e. The van der Waals surface area contributed by atoms with Gasteiger partial charge in [0.1, 0.15) is 11.9 Å². The van der Waals surface area contributed by atoms with Gasteiger partial charge in [-0.25, -0.2) is 4.98 Å². The number of rotatable bonds is 5. The summed E-state index contributed by atoms with van der Waals surface area (Å²) in [6, 6.07) is 7.44. The number of aryl methyl sites for hydroxylation is 1. The van der Waals surface area contributed by atoms with Crippen molar-refractivity contribution in [1.29, 1.82) is 0 Å². The standard InChI is InChI=1S/C18H19Cl2N3O2/c1-10(2)16(18(25)22-15-8-11(3)6-7-21-15)23-17(24)13-5-4-12(19)9-14(13)20/h4-10,16H,1-3H3,(H,23,24)(H,21,22,25). The van der Waals surface area contributed by atoms with Crippen molar-refractivity contribution in [2.75, 3.05) is 5.32 Å². The average molecular weight is 380 g/mol. The molecule has 0 fully saturated rings. The predicted molar refractivity (Wildman–Crippen MR) is 100 cm³/mol. The number of amides is 2. The van der Waals surface area contributed by atoms with Crippen LogP contribution in [-0.4, -0.2) is 22.8 Å². The van der Waals surface area contributed by atoms with Crippen molar-refractivity contribution in [1.82, 2.24) is 10.3 Å². The summed E-state index contributed by atoms with van der Waals surface area (Å²) in [5, 5.41) is 6.11. The maximum atomic E-state index is 12.6. The molecule has 0 aliphatic carbocycles. The van der Waals surface area contributed by atoms with Crippen molar-refractivity contribution >= 4 is 40.8 Å². The first kappa shape index (κ1) is 19.2. The highest BCUT2D eigenvalue weighted by Crippen LogP contribution is 2.21. The zero-order valence-corrected chi connectivity index (χ0v) is 15.7. The van der Waals surface area contributed by atoms with E-state index in [1.54, 1.807) is 18.3 Å². The van der Waals surface area contributed by atoms with Crippen LogP contribution in [-0.2, 0) is 4.79 Å². The Bertz CT molecular complexity index is 794. The first-order valence-corrected chi connectivity index (χ1v) is 8.53. The van der Waals surface area contributed by atoms with Crippen LogP contribution in [0.5, 0.6) is 0 Å². The molecule has 7 heteroatoms. The second-order valence-electron chi connectivity index (χ2n) is 6.03. The van der Waals surface area contributed by atoms with Gasteiger partial charge in [-0.3, -0.25) is 9.59 Å². The summed E-state index contributed by atoms with van der Waals surface area (Å²) in [4.78, 5) is 29.1. The molecule has 25 heavy (non-hydrogen) atoms. The molecule has 2 aromatic rings. The minimum atomic E-state index is -0.735. The Morgan fingerprint density at radius 3 is 2.44 bits per heavy atom. The molecular formula is C18H19Cl2N3O2. The molecule has 2 N–H and O–H groups in total. The summed E-state index contributed by atoms with van der Waals surface area (Å²) in [7, 11) is 0. The number of halogens is 2. The number of nitrogens with one attached hydrogen (secondary N) is 2. The van der Waals surface area contributed by atoms with E-state index in [2.05, 4.69) is 15.6 Å². The van der Waals surface area contributed by atoms with Crippen molar-refractivity contribution in [2.45, 2.75) is 26.8 Å². The van der Waals surface area contributed by atoms with Gasteiger partial charge in [-0.1, -0.05) is 37.0 Å². The number of nitrogens with zero attached hydrogens (tertiary/aromatic N) is 1. The summed E-state index contributed by atoms with van der Waals surface area (Å²) in [5.41, 5.74) is 1.24. The van der Waals surface area contributed by atoms with Gasteiger partial charge in [-0.05, 0) is 48.7 Å². The molecule has 0 bridgehead atoms. The van der Waals surface area contributed by atoms with Gasteiger partial charge < -0.3 is 10.6 Å². The van der Waals surface area contributed by atoms with Gasteiger partial charge in [-0.2, -0.15) is 0 Å². The highest BCUT2D eigenvalue weighted by Gasteiger charge is 2.26. The number of pyridine rings is 1. The maximum absolute atomic E-state index is 12.6. The Labute approximate surface area is 156 Å². The largest absolute Gasteiger partial charge is 0.340 e. The third kappa shape index (κ3) is 5.18. The van der Waals surface area contributed by atoms with Gasteiger partial charge >= 0.3 is 0 Å². The summed E-state index contributed by atoms with van der Waals surface area (Å²) < 4.78 is 0. The normalized spacial score (nSPS) is 11.9. The number of benzene rings is 1. The zero-order valence-electron chi connectivity index (χ0n) is 14.1. The zero-order chi connectivity index (χ0) is 18.6. The maximum Gasteiger partial charge on any atom is 0.253 e. The lowest BCUT2D eigenvalue weighted by molar-refractivity contribution is -0.118. The fourth-order valence-corrected chi connectivity index (χ4v) is 2.73. The highest BCUT2D eigenvalue weighted by atomic mass is 35.5. The van der Waals surface area contributed by atoms with E-state index in [1.807, 2.05) is 26.8 Å².